The number of hydroxylamine groups is 2. The summed E-state index contributed by atoms with van der Waals surface area (Å²) in [5, 5.41) is 10.5. The van der Waals surface area contributed by atoms with E-state index in [-0.39, 0.29) is 18.1 Å². The molecule has 0 saturated carbocycles. The number of aryl methyl sites for hydroxylation is 2. The van der Waals surface area contributed by atoms with Crippen molar-refractivity contribution in [1.29, 1.82) is 5.26 Å². The standard InChI is InChI=1S/C31H26F3N3O4/c1-19-8-9-23(20(2)14-19)18-37-28(16-27(31(32,33)34)26(17-35)30(37)39)21-10-12-24(13-11-21)41-25-7-5-6-22(15-25)29(38)36(3)40-4/h5-16H,18H2,1-4H3. The van der Waals surface area contributed by atoms with Crippen LogP contribution in [-0.2, 0) is 17.6 Å². The monoisotopic (exact) mass is 561 g/mol. The van der Waals surface area contributed by atoms with Gasteiger partial charge < -0.3 is 9.30 Å². The molecule has 4 rings (SSSR count). The van der Waals surface area contributed by atoms with Crippen LogP contribution in [0.5, 0.6) is 11.5 Å². The van der Waals surface area contributed by atoms with E-state index in [0.29, 0.717) is 22.6 Å². The van der Waals surface area contributed by atoms with E-state index in [4.69, 9.17) is 9.57 Å². The number of aromatic nitrogens is 1. The highest BCUT2D eigenvalue weighted by atomic mass is 19.4. The Hall–Kier alpha value is -4.88. The molecule has 4 aromatic rings. The summed E-state index contributed by atoms with van der Waals surface area (Å²) in [6.45, 7) is 3.74. The Balaban J connectivity index is 1.75. The summed E-state index contributed by atoms with van der Waals surface area (Å²) in [6, 6.07) is 20.4. The second-order valence-corrected chi connectivity index (χ2v) is 9.39. The van der Waals surface area contributed by atoms with Crippen LogP contribution in [0.1, 0.15) is 38.2 Å². The minimum atomic E-state index is -4.90. The molecular weight excluding hydrogens is 535 g/mol. The number of amides is 1. The molecule has 10 heteroatoms. The topological polar surface area (TPSA) is 84.6 Å². The first-order valence-electron chi connectivity index (χ1n) is 12.4. The van der Waals surface area contributed by atoms with Crippen molar-refractivity contribution < 1.29 is 27.5 Å². The molecule has 0 fully saturated rings. The molecule has 3 aromatic carbocycles. The minimum absolute atomic E-state index is 0.00282. The molecule has 0 spiro atoms. The summed E-state index contributed by atoms with van der Waals surface area (Å²) in [6.07, 6.45) is -4.90. The van der Waals surface area contributed by atoms with Gasteiger partial charge in [0.05, 0.1) is 24.9 Å². The largest absolute Gasteiger partial charge is 0.457 e. The highest BCUT2D eigenvalue weighted by Crippen LogP contribution is 2.34. The summed E-state index contributed by atoms with van der Waals surface area (Å²) in [5.74, 6) is 0.334. The van der Waals surface area contributed by atoms with Gasteiger partial charge in [-0.15, -0.1) is 0 Å². The van der Waals surface area contributed by atoms with Gasteiger partial charge in [0.2, 0.25) is 0 Å². The number of carbonyl (C=O) groups excluding carboxylic acids is 1. The van der Waals surface area contributed by atoms with Crippen molar-refractivity contribution in [3.8, 4) is 28.8 Å². The maximum atomic E-state index is 13.9. The van der Waals surface area contributed by atoms with Gasteiger partial charge in [0.15, 0.2) is 0 Å². The maximum Gasteiger partial charge on any atom is 0.417 e. The van der Waals surface area contributed by atoms with E-state index in [9.17, 15) is 28.0 Å². The average molecular weight is 562 g/mol. The van der Waals surface area contributed by atoms with Crippen LogP contribution in [0.4, 0.5) is 13.2 Å². The van der Waals surface area contributed by atoms with Gasteiger partial charge in [-0.3, -0.25) is 14.4 Å². The normalized spacial score (nSPS) is 11.2. The lowest BCUT2D eigenvalue weighted by molar-refractivity contribution is -0.137. The molecule has 0 saturated heterocycles. The molecule has 0 atom stereocenters. The van der Waals surface area contributed by atoms with Crippen molar-refractivity contribution in [2.45, 2.75) is 26.6 Å². The molecular formula is C31H26F3N3O4. The van der Waals surface area contributed by atoms with E-state index in [2.05, 4.69) is 0 Å². The van der Waals surface area contributed by atoms with Crippen molar-refractivity contribution in [1.82, 2.24) is 9.63 Å². The molecule has 1 amide bonds. The molecule has 0 bridgehead atoms. The van der Waals surface area contributed by atoms with Crippen LogP contribution in [0.3, 0.4) is 0 Å². The van der Waals surface area contributed by atoms with Gasteiger partial charge in [0.25, 0.3) is 11.5 Å². The number of carbonyl (C=O) groups is 1. The maximum absolute atomic E-state index is 13.9. The van der Waals surface area contributed by atoms with Gasteiger partial charge >= 0.3 is 6.18 Å². The summed E-state index contributed by atoms with van der Waals surface area (Å²) in [4.78, 5) is 30.6. The summed E-state index contributed by atoms with van der Waals surface area (Å²) < 4.78 is 48.7. The molecule has 1 heterocycles. The molecule has 0 aliphatic rings. The first-order valence-corrected chi connectivity index (χ1v) is 12.4. The van der Waals surface area contributed by atoms with Gasteiger partial charge in [0.1, 0.15) is 23.1 Å². The molecule has 0 N–H and O–H groups in total. The first kappa shape index (κ1) is 29.1. The third-order valence-corrected chi connectivity index (χ3v) is 6.57. The van der Waals surface area contributed by atoms with Crippen molar-refractivity contribution in [3.05, 3.63) is 117 Å². The first-order chi connectivity index (χ1) is 19.4. The third-order valence-electron chi connectivity index (χ3n) is 6.57. The number of benzene rings is 3. The van der Waals surface area contributed by atoms with E-state index < -0.39 is 22.9 Å². The fourth-order valence-electron chi connectivity index (χ4n) is 4.35. The Morgan fingerprint density at radius 3 is 2.32 bits per heavy atom. The Morgan fingerprint density at radius 2 is 1.71 bits per heavy atom. The van der Waals surface area contributed by atoms with Crippen molar-refractivity contribution >= 4 is 5.91 Å². The van der Waals surface area contributed by atoms with E-state index in [1.54, 1.807) is 30.3 Å². The highest BCUT2D eigenvalue weighted by Gasteiger charge is 2.36. The smallest absolute Gasteiger partial charge is 0.417 e. The second-order valence-electron chi connectivity index (χ2n) is 9.39. The SMILES string of the molecule is CON(C)C(=O)c1cccc(Oc2ccc(-c3cc(C(F)(F)F)c(C#N)c(=O)n3Cc3ccc(C)cc3C)cc2)c1. The van der Waals surface area contributed by atoms with Crippen molar-refractivity contribution in [2.24, 2.45) is 0 Å². The predicted molar refractivity (Wildman–Crippen MR) is 146 cm³/mol. The molecule has 0 aliphatic carbocycles. The Kier molecular flexibility index (Phi) is 8.31. The second kappa shape index (κ2) is 11.7. The molecule has 210 valence electrons. The molecule has 0 radical (unpaired) electrons. The van der Waals surface area contributed by atoms with Gasteiger partial charge in [-0.25, -0.2) is 5.06 Å². The third kappa shape index (κ3) is 6.31. The van der Waals surface area contributed by atoms with Crippen molar-refractivity contribution in [3.63, 3.8) is 0 Å². The Labute approximate surface area is 234 Å². The summed E-state index contributed by atoms with van der Waals surface area (Å²) in [7, 11) is 2.84. The lowest BCUT2D eigenvalue weighted by Crippen LogP contribution is -2.29. The zero-order valence-corrected chi connectivity index (χ0v) is 22.7. The van der Waals surface area contributed by atoms with Gasteiger partial charge in [-0.05, 0) is 79.1 Å². The van der Waals surface area contributed by atoms with Gasteiger partial charge in [0, 0.05) is 12.6 Å². The zero-order chi connectivity index (χ0) is 29.9. The average Bonchev–Trinajstić information content (AvgIpc) is 2.94. The van der Waals surface area contributed by atoms with E-state index in [0.717, 1.165) is 27.8 Å². The fraction of sp³-hybridized carbons (Fsp3) is 0.194. The number of nitriles is 1. The Bertz CT molecular complexity index is 1700. The number of halogens is 3. The number of rotatable bonds is 7. The zero-order valence-electron chi connectivity index (χ0n) is 22.7. The summed E-state index contributed by atoms with van der Waals surface area (Å²) >= 11 is 0. The van der Waals surface area contributed by atoms with Crippen LogP contribution in [0.2, 0.25) is 0 Å². The van der Waals surface area contributed by atoms with Crippen LogP contribution in [0, 0.1) is 25.2 Å². The molecule has 41 heavy (non-hydrogen) atoms. The van der Waals surface area contributed by atoms with E-state index in [1.165, 1.54) is 43.0 Å². The number of alkyl halides is 3. The van der Waals surface area contributed by atoms with Crippen LogP contribution in [0.15, 0.2) is 77.6 Å². The van der Waals surface area contributed by atoms with Crippen LogP contribution < -0.4 is 10.3 Å². The predicted octanol–water partition coefficient (Wildman–Crippen LogP) is 6.50. The van der Waals surface area contributed by atoms with E-state index >= 15 is 0 Å². The number of nitrogens with zero attached hydrogens (tertiary/aromatic N) is 3. The number of hydrogen-bond acceptors (Lipinski definition) is 5. The van der Waals surface area contributed by atoms with Gasteiger partial charge in [-0.1, -0.05) is 29.8 Å². The minimum Gasteiger partial charge on any atom is -0.457 e. The molecule has 7 nitrogen and oxygen atoms in total. The van der Waals surface area contributed by atoms with E-state index in [1.807, 2.05) is 32.0 Å². The Morgan fingerprint density at radius 1 is 1.00 bits per heavy atom. The number of hydrogen-bond donors (Lipinski definition) is 0. The lowest BCUT2D eigenvalue weighted by Gasteiger charge is -2.19. The molecule has 1 aromatic heterocycles. The van der Waals surface area contributed by atoms with Crippen LogP contribution >= 0.6 is 0 Å². The highest BCUT2D eigenvalue weighted by molar-refractivity contribution is 5.93. The quantitative estimate of drug-likeness (QED) is 0.241. The lowest BCUT2D eigenvalue weighted by atomic mass is 10.0. The number of ether oxygens (including phenoxy) is 1. The van der Waals surface area contributed by atoms with Gasteiger partial charge in [-0.2, -0.15) is 18.4 Å². The van der Waals surface area contributed by atoms with Crippen LogP contribution in [-0.4, -0.2) is 29.7 Å². The summed E-state index contributed by atoms with van der Waals surface area (Å²) in [5.41, 5.74) is -0.0305. The van der Waals surface area contributed by atoms with Crippen LogP contribution in [0.25, 0.3) is 11.3 Å². The number of pyridine rings is 1. The fourth-order valence-corrected chi connectivity index (χ4v) is 4.35. The van der Waals surface area contributed by atoms with Crippen molar-refractivity contribution in [2.75, 3.05) is 14.2 Å². The molecule has 0 aliphatic heterocycles. The molecule has 0 unspecified atom stereocenters.